The SMILES string of the molecule is NCCCC[C@H](N)C(=O)O.O=C(O)[C@H](Cc1cnc[nH]1)NP(=O)(O)O.O=P(O)(O)O. The van der Waals surface area contributed by atoms with Crippen LogP contribution in [0.1, 0.15) is 25.0 Å². The monoisotopic (exact) mass is 479 g/mol. The molecule has 1 aromatic rings. The molecular formula is C12H27N5O11P2. The standard InChI is InChI=1S/C6H10N3O5P.C6H14N2O2.H3O4P/c10-6(11)5(9-15(12,13)14)1-4-2-7-3-8-4;7-4-2-1-3-5(8)6(9)10;1-5(2,3)4/h2-3,5H,1H2,(H,7,8)(H,10,11)(H3,9,12,13,14);5H,1-4,7-8H2,(H,9,10);(H3,1,2,3,4)/t2*5-;/m00./s1. The van der Waals surface area contributed by atoms with Crippen LogP contribution in [-0.4, -0.2) is 75.2 Å². The Morgan fingerprint density at radius 1 is 1.10 bits per heavy atom. The summed E-state index contributed by atoms with van der Waals surface area (Å²) in [7, 11) is -9.20. The molecule has 0 radical (unpaired) electrons. The Kier molecular flexibility index (Phi) is 15.4. The minimum Gasteiger partial charge on any atom is -0.480 e. The molecular weight excluding hydrogens is 452 g/mol. The smallest absolute Gasteiger partial charge is 0.466 e. The maximum absolute atomic E-state index is 10.7. The highest BCUT2D eigenvalue weighted by Gasteiger charge is 2.26. The van der Waals surface area contributed by atoms with Gasteiger partial charge in [-0.25, -0.2) is 19.2 Å². The van der Waals surface area contributed by atoms with E-state index in [1.54, 1.807) is 5.09 Å². The van der Waals surface area contributed by atoms with E-state index in [0.717, 1.165) is 12.8 Å². The van der Waals surface area contributed by atoms with E-state index in [1.807, 2.05) is 0 Å². The molecule has 0 unspecified atom stereocenters. The number of imidazole rings is 1. The van der Waals surface area contributed by atoms with Gasteiger partial charge in [0.05, 0.1) is 6.33 Å². The van der Waals surface area contributed by atoms with Gasteiger partial charge in [-0.05, 0) is 19.4 Å². The number of nitrogens with zero attached hydrogens (tertiary/aromatic N) is 1. The van der Waals surface area contributed by atoms with Gasteiger partial charge >= 0.3 is 27.5 Å². The maximum Gasteiger partial charge on any atom is 0.466 e. The highest BCUT2D eigenvalue weighted by Crippen LogP contribution is 2.29. The number of carboxylic acids is 2. The Labute approximate surface area is 170 Å². The molecule has 176 valence electrons. The summed E-state index contributed by atoms with van der Waals surface area (Å²) in [5, 5.41) is 18.7. The minimum atomic E-state index is -4.64. The van der Waals surface area contributed by atoms with Crippen LogP contribution in [-0.2, 0) is 25.1 Å². The number of hydrogen-bond donors (Lipinski definition) is 11. The number of H-pyrrole nitrogens is 1. The second-order valence-corrected chi connectivity index (χ2v) is 7.96. The van der Waals surface area contributed by atoms with Gasteiger partial charge in [-0.2, -0.15) is 0 Å². The summed E-state index contributed by atoms with van der Waals surface area (Å²) in [5.74, 6) is -2.27. The number of phosphoric acid groups is 1. The summed E-state index contributed by atoms with van der Waals surface area (Å²) < 4.78 is 19.5. The fourth-order valence-corrected chi connectivity index (χ4v) is 2.25. The highest BCUT2D eigenvalue weighted by molar-refractivity contribution is 7.49. The van der Waals surface area contributed by atoms with Crippen LogP contribution in [0.5, 0.6) is 0 Å². The lowest BCUT2D eigenvalue weighted by atomic mass is 10.1. The van der Waals surface area contributed by atoms with Crippen LogP contribution < -0.4 is 16.6 Å². The molecule has 0 saturated heterocycles. The Bertz CT molecular complexity index is 697. The number of nitrogens with two attached hydrogens (primary N) is 2. The first-order chi connectivity index (χ1) is 13.6. The zero-order valence-electron chi connectivity index (χ0n) is 15.6. The van der Waals surface area contributed by atoms with Gasteiger partial charge in [0.2, 0.25) is 0 Å². The normalized spacial score (nSPS) is 13.2. The zero-order valence-corrected chi connectivity index (χ0v) is 17.4. The summed E-state index contributed by atoms with van der Waals surface area (Å²) in [6, 6.07) is -2.07. The van der Waals surface area contributed by atoms with Crippen molar-refractivity contribution in [3.8, 4) is 0 Å². The fraction of sp³-hybridized carbons (Fsp3) is 0.583. The van der Waals surface area contributed by atoms with Crippen LogP contribution in [0, 0.1) is 0 Å². The van der Waals surface area contributed by atoms with E-state index < -0.39 is 39.6 Å². The minimum absolute atomic E-state index is 0.0829. The molecule has 0 aliphatic rings. The number of unbranched alkanes of at least 4 members (excludes halogenated alkanes) is 1. The van der Waals surface area contributed by atoms with Crippen LogP contribution in [0.4, 0.5) is 0 Å². The van der Waals surface area contributed by atoms with Gasteiger partial charge in [-0.15, -0.1) is 0 Å². The van der Waals surface area contributed by atoms with Crippen molar-refractivity contribution in [1.29, 1.82) is 0 Å². The molecule has 0 aliphatic carbocycles. The quantitative estimate of drug-likeness (QED) is 0.124. The van der Waals surface area contributed by atoms with Gasteiger partial charge in [0.15, 0.2) is 0 Å². The largest absolute Gasteiger partial charge is 0.480 e. The lowest BCUT2D eigenvalue weighted by molar-refractivity contribution is -0.139. The van der Waals surface area contributed by atoms with E-state index >= 15 is 0 Å². The molecule has 18 heteroatoms. The molecule has 2 atom stereocenters. The third kappa shape index (κ3) is 22.6. The molecule has 1 aromatic heterocycles. The van der Waals surface area contributed by atoms with Crippen LogP contribution in [0.25, 0.3) is 0 Å². The molecule has 0 fully saturated rings. The number of rotatable bonds is 10. The van der Waals surface area contributed by atoms with Gasteiger partial charge in [0.25, 0.3) is 0 Å². The number of aromatic amines is 1. The van der Waals surface area contributed by atoms with Crippen LogP contribution in [0.15, 0.2) is 12.5 Å². The van der Waals surface area contributed by atoms with E-state index in [4.69, 9.17) is 50.7 Å². The fourth-order valence-electron chi connectivity index (χ4n) is 1.64. The maximum atomic E-state index is 10.7. The Hall–Kier alpha value is -1.71. The molecule has 1 rings (SSSR count). The molecule has 0 spiro atoms. The molecule has 16 nitrogen and oxygen atoms in total. The number of hydrogen-bond acceptors (Lipinski definition) is 7. The summed E-state index contributed by atoms with van der Waals surface area (Å²) in [6.07, 6.45) is 4.82. The first kappa shape index (κ1) is 30.5. The zero-order chi connectivity index (χ0) is 24.0. The Balaban J connectivity index is 0. The Morgan fingerprint density at radius 2 is 1.63 bits per heavy atom. The van der Waals surface area contributed by atoms with Gasteiger partial charge in [0.1, 0.15) is 12.1 Å². The van der Waals surface area contributed by atoms with E-state index in [9.17, 15) is 14.2 Å². The van der Waals surface area contributed by atoms with Gasteiger partial charge in [0, 0.05) is 18.3 Å². The number of carboxylic acid groups (broad SMARTS) is 2. The molecule has 0 saturated carbocycles. The van der Waals surface area contributed by atoms with E-state index in [0.29, 0.717) is 18.7 Å². The van der Waals surface area contributed by atoms with Crippen LogP contribution in [0.3, 0.4) is 0 Å². The Morgan fingerprint density at radius 3 is 1.97 bits per heavy atom. The topological polar surface area (TPSA) is 303 Å². The van der Waals surface area contributed by atoms with Crippen molar-refractivity contribution in [3.05, 3.63) is 18.2 Å². The van der Waals surface area contributed by atoms with Crippen molar-refractivity contribution in [2.75, 3.05) is 6.54 Å². The second-order valence-electron chi connectivity index (χ2n) is 5.59. The summed E-state index contributed by atoms with van der Waals surface area (Å²) in [5.41, 5.74) is 10.9. The van der Waals surface area contributed by atoms with Crippen molar-refractivity contribution in [2.24, 2.45) is 11.5 Å². The van der Waals surface area contributed by atoms with Crippen molar-refractivity contribution in [2.45, 2.75) is 37.8 Å². The van der Waals surface area contributed by atoms with E-state index in [-0.39, 0.29) is 6.42 Å². The number of nitrogens with one attached hydrogen (secondary N) is 2. The average Bonchev–Trinajstić information content (AvgIpc) is 3.05. The van der Waals surface area contributed by atoms with Crippen LogP contribution >= 0.6 is 15.6 Å². The molecule has 0 aromatic carbocycles. The predicted molar refractivity (Wildman–Crippen MR) is 102 cm³/mol. The average molecular weight is 479 g/mol. The number of aromatic nitrogens is 2. The van der Waals surface area contributed by atoms with Gasteiger partial charge in [-0.3, -0.25) is 9.59 Å². The van der Waals surface area contributed by atoms with Crippen molar-refractivity contribution in [3.63, 3.8) is 0 Å². The lowest BCUT2D eigenvalue weighted by Gasteiger charge is -2.13. The predicted octanol–water partition coefficient (Wildman–Crippen LogP) is -2.31. The van der Waals surface area contributed by atoms with Crippen molar-refractivity contribution in [1.82, 2.24) is 15.1 Å². The van der Waals surface area contributed by atoms with Gasteiger partial charge < -0.3 is 51.1 Å². The summed E-state index contributed by atoms with van der Waals surface area (Å²) >= 11 is 0. The molecule has 0 aliphatic heterocycles. The van der Waals surface area contributed by atoms with Gasteiger partial charge in [-0.1, -0.05) is 6.42 Å². The van der Waals surface area contributed by atoms with E-state index in [2.05, 4.69) is 9.97 Å². The number of carbonyl (C=O) groups is 2. The first-order valence-electron chi connectivity index (χ1n) is 8.07. The highest BCUT2D eigenvalue weighted by atomic mass is 31.2. The van der Waals surface area contributed by atoms with E-state index in [1.165, 1.54) is 12.5 Å². The molecule has 30 heavy (non-hydrogen) atoms. The summed E-state index contributed by atoms with van der Waals surface area (Å²) in [6.45, 7) is 0.604. The molecule has 1 heterocycles. The second kappa shape index (κ2) is 15.1. The molecule has 0 bridgehead atoms. The summed E-state index contributed by atoms with van der Waals surface area (Å²) in [4.78, 5) is 65.8. The third-order valence-electron chi connectivity index (χ3n) is 2.89. The van der Waals surface area contributed by atoms with Crippen LogP contribution in [0.2, 0.25) is 0 Å². The first-order valence-corrected chi connectivity index (χ1v) is 11.2. The van der Waals surface area contributed by atoms with Crippen molar-refractivity contribution < 1.29 is 53.4 Å². The lowest BCUT2D eigenvalue weighted by Crippen LogP contribution is -2.36. The number of aliphatic carboxylic acids is 2. The third-order valence-corrected chi connectivity index (χ3v) is 3.54. The van der Waals surface area contributed by atoms with Crippen molar-refractivity contribution >= 4 is 27.5 Å². The molecule has 13 N–H and O–H groups in total. The molecule has 0 amide bonds.